The van der Waals surface area contributed by atoms with Crippen LogP contribution in [-0.2, 0) is 14.8 Å². The van der Waals surface area contributed by atoms with Gasteiger partial charge in [0.1, 0.15) is 5.75 Å². The summed E-state index contributed by atoms with van der Waals surface area (Å²) >= 11 is 0. The van der Waals surface area contributed by atoms with Crippen LogP contribution in [0.15, 0.2) is 77.7 Å². The van der Waals surface area contributed by atoms with E-state index in [2.05, 4.69) is 5.32 Å². The maximum atomic E-state index is 12.7. The van der Waals surface area contributed by atoms with Gasteiger partial charge in [0.15, 0.2) is 17.3 Å². The van der Waals surface area contributed by atoms with Crippen molar-refractivity contribution in [3.05, 3.63) is 78.4 Å². The molecule has 0 bridgehead atoms. The van der Waals surface area contributed by atoms with E-state index in [4.69, 9.17) is 9.47 Å². The summed E-state index contributed by atoms with van der Waals surface area (Å²) in [6.45, 7) is 1.02. The Hall–Kier alpha value is -3.69. The summed E-state index contributed by atoms with van der Waals surface area (Å²) in [4.78, 5) is 23.8. The van der Waals surface area contributed by atoms with Crippen molar-refractivity contribution < 1.29 is 27.5 Å². The standard InChI is InChI=1S/C24H24N2O6S/c1-17(27)18-8-14-21(15-9-18)33(29,30)26(2)16-24(28)25-19-10-12-20(13-11-19)32-23-7-5-4-6-22(23)31-3/h4-15H,16H2,1-3H3,(H,25,28). The third kappa shape index (κ3) is 5.97. The highest BCUT2D eigenvalue weighted by Gasteiger charge is 2.23. The molecule has 0 aliphatic heterocycles. The second kappa shape index (κ2) is 10.3. The molecule has 0 atom stereocenters. The first-order chi connectivity index (χ1) is 15.7. The lowest BCUT2D eigenvalue weighted by Crippen LogP contribution is -2.35. The normalized spacial score (nSPS) is 11.2. The van der Waals surface area contributed by atoms with Gasteiger partial charge in [-0.2, -0.15) is 4.31 Å². The minimum Gasteiger partial charge on any atom is -0.493 e. The Labute approximate surface area is 192 Å². The number of likely N-dealkylation sites (N-methyl/N-ethyl adjacent to an activating group) is 1. The third-order valence-corrected chi connectivity index (χ3v) is 6.59. The number of sulfonamides is 1. The molecule has 1 N–H and O–H groups in total. The number of rotatable bonds is 9. The van der Waals surface area contributed by atoms with E-state index in [0.717, 1.165) is 4.31 Å². The number of anilines is 1. The van der Waals surface area contributed by atoms with E-state index in [1.165, 1.54) is 38.2 Å². The van der Waals surface area contributed by atoms with Crippen LogP contribution >= 0.6 is 0 Å². The number of ketones is 1. The van der Waals surface area contributed by atoms with E-state index >= 15 is 0 Å². The summed E-state index contributed by atoms with van der Waals surface area (Å²) < 4.78 is 37.4. The van der Waals surface area contributed by atoms with Crippen molar-refractivity contribution in [2.75, 3.05) is 26.0 Å². The molecule has 0 saturated heterocycles. The molecule has 0 saturated carbocycles. The summed E-state index contributed by atoms with van der Waals surface area (Å²) in [5, 5.41) is 2.66. The molecular formula is C24H24N2O6S. The Morgan fingerprint density at radius 3 is 2.09 bits per heavy atom. The monoisotopic (exact) mass is 468 g/mol. The van der Waals surface area contributed by atoms with E-state index in [0.29, 0.717) is 28.5 Å². The number of Topliss-reactive ketones (excluding diaryl/α,β-unsaturated/α-hetero) is 1. The first kappa shape index (κ1) is 24.0. The molecule has 0 heterocycles. The van der Waals surface area contributed by atoms with Crippen LogP contribution in [-0.4, -0.2) is 45.1 Å². The van der Waals surface area contributed by atoms with E-state index in [1.807, 2.05) is 12.1 Å². The molecule has 0 unspecified atom stereocenters. The Morgan fingerprint density at radius 1 is 0.909 bits per heavy atom. The Kier molecular flexibility index (Phi) is 7.47. The Balaban J connectivity index is 1.61. The minimum atomic E-state index is -3.89. The first-order valence-electron chi connectivity index (χ1n) is 9.99. The maximum absolute atomic E-state index is 12.7. The molecule has 3 aromatic carbocycles. The van der Waals surface area contributed by atoms with Gasteiger partial charge in [0.2, 0.25) is 15.9 Å². The number of hydrogen-bond acceptors (Lipinski definition) is 6. The van der Waals surface area contributed by atoms with Gasteiger partial charge in [-0.3, -0.25) is 9.59 Å². The molecule has 172 valence electrons. The van der Waals surface area contributed by atoms with E-state index in [-0.39, 0.29) is 17.2 Å². The fourth-order valence-corrected chi connectivity index (χ4v) is 4.09. The van der Waals surface area contributed by atoms with Crippen LogP contribution < -0.4 is 14.8 Å². The van der Waals surface area contributed by atoms with Gasteiger partial charge in [0.05, 0.1) is 18.6 Å². The number of amides is 1. The average molecular weight is 469 g/mol. The predicted octanol–water partition coefficient (Wildman–Crippen LogP) is 3.95. The summed E-state index contributed by atoms with van der Waals surface area (Å²) in [5.41, 5.74) is 0.900. The molecule has 9 heteroatoms. The molecule has 8 nitrogen and oxygen atoms in total. The second-order valence-electron chi connectivity index (χ2n) is 7.17. The molecule has 0 spiro atoms. The molecule has 0 aliphatic carbocycles. The smallest absolute Gasteiger partial charge is 0.243 e. The fourth-order valence-electron chi connectivity index (χ4n) is 2.97. The molecule has 0 fully saturated rings. The Morgan fingerprint density at radius 2 is 1.52 bits per heavy atom. The van der Waals surface area contributed by atoms with E-state index < -0.39 is 15.9 Å². The van der Waals surface area contributed by atoms with E-state index in [1.54, 1.807) is 43.5 Å². The van der Waals surface area contributed by atoms with Gasteiger partial charge < -0.3 is 14.8 Å². The van der Waals surface area contributed by atoms with E-state index in [9.17, 15) is 18.0 Å². The summed E-state index contributed by atoms with van der Waals surface area (Å²) in [7, 11) is -1.02. The van der Waals surface area contributed by atoms with Gasteiger partial charge in [-0.15, -0.1) is 0 Å². The first-order valence-corrected chi connectivity index (χ1v) is 11.4. The molecule has 0 aromatic heterocycles. The van der Waals surface area contributed by atoms with Crippen LogP contribution in [0, 0.1) is 0 Å². The number of hydrogen-bond donors (Lipinski definition) is 1. The molecular weight excluding hydrogens is 444 g/mol. The zero-order valence-corrected chi connectivity index (χ0v) is 19.3. The van der Waals surface area contributed by atoms with Crippen LogP contribution in [0.1, 0.15) is 17.3 Å². The van der Waals surface area contributed by atoms with Crippen molar-refractivity contribution in [1.29, 1.82) is 0 Å². The van der Waals surface area contributed by atoms with Gasteiger partial charge in [0.25, 0.3) is 0 Å². The molecule has 1 amide bonds. The molecule has 0 aliphatic rings. The number of carbonyl (C=O) groups is 2. The van der Waals surface area contributed by atoms with Crippen molar-refractivity contribution in [3.8, 4) is 17.2 Å². The number of nitrogens with zero attached hydrogens (tertiary/aromatic N) is 1. The van der Waals surface area contributed by atoms with Gasteiger partial charge in [-0.25, -0.2) is 8.42 Å². The zero-order chi connectivity index (χ0) is 24.0. The minimum absolute atomic E-state index is 0.000594. The molecule has 33 heavy (non-hydrogen) atoms. The van der Waals surface area contributed by atoms with Crippen LogP contribution in [0.3, 0.4) is 0 Å². The van der Waals surface area contributed by atoms with Gasteiger partial charge in [-0.1, -0.05) is 24.3 Å². The van der Waals surface area contributed by atoms with Crippen LogP contribution in [0.25, 0.3) is 0 Å². The van der Waals surface area contributed by atoms with Crippen LogP contribution in [0.2, 0.25) is 0 Å². The quantitative estimate of drug-likeness (QED) is 0.477. The predicted molar refractivity (Wildman–Crippen MR) is 124 cm³/mol. The van der Waals surface area contributed by atoms with Gasteiger partial charge in [0, 0.05) is 18.3 Å². The average Bonchev–Trinajstić information content (AvgIpc) is 2.80. The lowest BCUT2D eigenvalue weighted by molar-refractivity contribution is -0.116. The van der Waals surface area contributed by atoms with Gasteiger partial charge in [-0.05, 0) is 55.5 Å². The molecule has 3 rings (SSSR count). The van der Waals surface area contributed by atoms with Crippen molar-refractivity contribution in [2.45, 2.75) is 11.8 Å². The lowest BCUT2D eigenvalue weighted by atomic mass is 10.2. The third-order valence-electron chi connectivity index (χ3n) is 4.77. The highest BCUT2D eigenvalue weighted by molar-refractivity contribution is 7.89. The van der Waals surface area contributed by atoms with Crippen molar-refractivity contribution in [3.63, 3.8) is 0 Å². The number of benzene rings is 3. The number of carbonyl (C=O) groups excluding carboxylic acids is 2. The summed E-state index contributed by atoms with van der Waals surface area (Å²) in [6, 6.07) is 19.5. The van der Waals surface area contributed by atoms with Crippen molar-refractivity contribution in [2.24, 2.45) is 0 Å². The fraction of sp³-hybridized carbons (Fsp3) is 0.167. The number of para-hydroxylation sites is 2. The maximum Gasteiger partial charge on any atom is 0.243 e. The Bertz CT molecular complexity index is 1240. The lowest BCUT2D eigenvalue weighted by Gasteiger charge is -2.17. The summed E-state index contributed by atoms with van der Waals surface area (Å²) in [5.74, 6) is 1.03. The highest BCUT2D eigenvalue weighted by atomic mass is 32.2. The number of nitrogens with one attached hydrogen (secondary N) is 1. The molecule has 0 radical (unpaired) electrons. The highest BCUT2D eigenvalue weighted by Crippen LogP contribution is 2.31. The van der Waals surface area contributed by atoms with Crippen LogP contribution in [0.4, 0.5) is 5.69 Å². The SMILES string of the molecule is COc1ccccc1Oc1ccc(NC(=O)CN(C)S(=O)(=O)c2ccc(C(C)=O)cc2)cc1. The molecule has 3 aromatic rings. The zero-order valence-electron chi connectivity index (χ0n) is 18.4. The second-order valence-corrected chi connectivity index (χ2v) is 9.21. The largest absolute Gasteiger partial charge is 0.493 e. The number of methoxy groups -OCH3 is 1. The number of ether oxygens (including phenoxy) is 2. The van der Waals surface area contributed by atoms with Crippen LogP contribution in [0.5, 0.6) is 17.2 Å². The summed E-state index contributed by atoms with van der Waals surface area (Å²) in [6.07, 6.45) is 0. The topological polar surface area (TPSA) is 102 Å². The van der Waals surface area contributed by atoms with Crippen molar-refractivity contribution in [1.82, 2.24) is 4.31 Å². The van der Waals surface area contributed by atoms with Gasteiger partial charge >= 0.3 is 0 Å². The van der Waals surface area contributed by atoms with Crippen molar-refractivity contribution >= 4 is 27.4 Å².